The number of carbonyl (C=O) groups excluding carboxylic acids is 3. The molecule has 1 amide bonds. The van der Waals surface area contributed by atoms with Crippen molar-refractivity contribution in [2.45, 2.75) is 32.6 Å². The maximum Gasteiger partial charge on any atom is 0.348 e. The SMILES string of the molecule is CC(=O)NCCc1ccc(C(=O)COC(=O)c2cc3c(s2)CCC3)s1. The lowest BCUT2D eigenvalue weighted by molar-refractivity contribution is -0.118. The van der Waals surface area contributed by atoms with Crippen molar-refractivity contribution in [2.24, 2.45) is 0 Å². The van der Waals surface area contributed by atoms with E-state index in [1.165, 1.54) is 40.0 Å². The Kier molecular flexibility index (Phi) is 5.65. The summed E-state index contributed by atoms with van der Waals surface area (Å²) in [5.74, 6) is -0.692. The van der Waals surface area contributed by atoms with Crippen LogP contribution in [0.4, 0.5) is 0 Å². The number of ketones is 1. The smallest absolute Gasteiger partial charge is 0.348 e. The van der Waals surface area contributed by atoms with Crippen LogP contribution in [0, 0.1) is 0 Å². The number of hydrogen-bond acceptors (Lipinski definition) is 6. The van der Waals surface area contributed by atoms with E-state index >= 15 is 0 Å². The standard InChI is InChI=1S/C18H19NO4S2/c1-11(20)19-8-7-13-5-6-16(24-13)14(21)10-23-18(22)17-9-12-3-2-4-15(12)25-17/h5-6,9H,2-4,7-8,10H2,1H3,(H,19,20). The van der Waals surface area contributed by atoms with E-state index in [0.29, 0.717) is 22.7 Å². The average Bonchev–Trinajstić information content (AvgIpc) is 3.27. The zero-order valence-electron chi connectivity index (χ0n) is 13.9. The van der Waals surface area contributed by atoms with Gasteiger partial charge in [-0.15, -0.1) is 22.7 Å². The number of carbonyl (C=O) groups is 3. The Morgan fingerprint density at radius 3 is 2.76 bits per heavy atom. The Morgan fingerprint density at radius 2 is 2.00 bits per heavy atom. The van der Waals surface area contributed by atoms with Gasteiger partial charge in [-0.05, 0) is 49.4 Å². The second-order valence-corrected chi connectivity index (χ2v) is 8.22. The highest BCUT2D eigenvalue weighted by Crippen LogP contribution is 2.31. The molecule has 1 N–H and O–H groups in total. The van der Waals surface area contributed by atoms with Gasteiger partial charge < -0.3 is 10.1 Å². The summed E-state index contributed by atoms with van der Waals surface area (Å²) < 4.78 is 5.17. The lowest BCUT2D eigenvalue weighted by atomic mass is 10.2. The van der Waals surface area contributed by atoms with Gasteiger partial charge in [0.25, 0.3) is 0 Å². The van der Waals surface area contributed by atoms with Crippen LogP contribution in [0.25, 0.3) is 0 Å². The molecule has 0 aliphatic heterocycles. The van der Waals surface area contributed by atoms with Crippen LogP contribution in [0.3, 0.4) is 0 Å². The molecular formula is C18H19NO4S2. The minimum Gasteiger partial charge on any atom is -0.453 e. The van der Waals surface area contributed by atoms with E-state index in [2.05, 4.69) is 5.32 Å². The first-order chi connectivity index (χ1) is 12.0. The van der Waals surface area contributed by atoms with Crippen LogP contribution in [-0.2, 0) is 28.8 Å². The van der Waals surface area contributed by atoms with Gasteiger partial charge >= 0.3 is 5.97 Å². The van der Waals surface area contributed by atoms with Gasteiger partial charge in [0.15, 0.2) is 6.61 Å². The van der Waals surface area contributed by atoms with E-state index in [4.69, 9.17) is 4.74 Å². The molecule has 0 saturated heterocycles. The molecule has 2 aromatic heterocycles. The third-order valence-corrected chi connectivity index (χ3v) is 6.37. The van der Waals surface area contributed by atoms with Crippen LogP contribution in [0.15, 0.2) is 18.2 Å². The highest BCUT2D eigenvalue weighted by molar-refractivity contribution is 7.14. The number of ether oxygens (including phenoxy) is 1. The topological polar surface area (TPSA) is 72.5 Å². The number of rotatable bonds is 7. The molecule has 0 atom stereocenters. The van der Waals surface area contributed by atoms with E-state index in [0.717, 1.165) is 24.1 Å². The fourth-order valence-corrected chi connectivity index (χ4v) is 4.81. The number of esters is 1. The highest BCUT2D eigenvalue weighted by Gasteiger charge is 2.20. The summed E-state index contributed by atoms with van der Waals surface area (Å²) in [6.07, 6.45) is 3.88. The van der Waals surface area contributed by atoms with E-state index in [1.54, 1.807) is 6.07 Å². The molecule has 1 aliphatic carbocycles. The monoisotopic (exact) mass is 377 g/mol. The molecule has 3 rings (SSSR count). The van der Waals surface area contributed by atoms with Gasteiger partial charge in [-0.3, -0.25) is 9.59 Å². The molecule has 25 heavy (non-hydrogen) atoms. The Bertz CT molecular complexity index is 784. The molecule has 1 aliphatic rings. The number of Topliss-reactive ketones (excluding diaryl/α,β-unsaturated/α-hetero) is 1. The minimum atomic E-state index is -0.421. The van der Waals surface area contributed by atoms with Crippen molar-refractivity contribution in [2.75, 3.05) is 13.2 Å². The molecule has 0 unspecified atom stereocenters. The van der Waals surface area contributed by atoms with Crippen LogP contribution < -0.4 is 5.32 Å². The first-order valence-electron chi connectivity index (χ1n) is 8.18. The number of hydrogen-bond donors (Lipinski definition) is 1. The van der Waals surface area contributed by atoms with Gasteiger partial charge in [0.1, 0.15) is 4.88 Å². The fourth-order valence-electron chi connectivity index (χ4n) is 2.73. The third-order valence-electron chi connectivity index (χ3n) is 3.96. The van der Waals surface area contributed by atoms with Gasteiger partial charge in [0.2, 0.25) is 11.7 Å². The normalized spacial score (nSPS) is 12.7. The Morgan fingerprint density at radius 1 is 1.16 bits per heavy atom. The predicted molar refractivity (Wildman–Crippen MR) is 97.7 cm³/mol. The van der Waals surface area contributed by atoms with Crippen LogP contribution in [0.2, 0.25) is 0 Å². The predicted octanol–water partition coefficient (Wildman–Crippen LogP) is 3.02. The Labute approximate surface area is 154 Å². The van der Waals surface area contributed by atoms with Gasteiger partial charge in [0.05, 0.1) is 4.88 Å². The maximum absolute atomic E-state index is 12.2. The molecule has 0 fully saturated rings. The van der Waals surface area contributed by atoms with E-state index in [9.17, 15) is 14.4 Å². The molecule has 7 heteroatoms. The van der Waals surface area contributed by atoms with Crippen LogP contribution in [0.5, 0.6) is 0 Å². The molecular weight excluding hydrogens is 358 g/mol. The third kappa shape index (κ3) is 4.55. The Balaban J connectivity index is 1.49. The Hall–Kier alpha value is -1.99. The van der Waals surface area contributed by atoms with Crippen LogP contribution in [-0.4, -0.2) is 30.8 Å². The quantitative estimate of drug-likeness (QED) is 0.595. The number of amides is 1. The molecule has 0 aromatic carbocycles. The van der Waals surface area contributed by atoms with Gasteiger partial charge in [0, 0.05) is 23.2 Å². The molecule has 0 radical (unpaired) electrons. The van der Waals surface area contributed by atoms with E-state index in [-0.39, 0.29) is 18.3 Å². The summed E-state index contributed by atoms with van der Waals surface area (Å²) in [6.45, 7) is 1.77. The van der Waals surface area contributed by atoms with Crippen molar-refractivity contribution in [3.05, 3.63) is 43.3 Å². The number of nitrogens with one attached hydrogen (secondary N) is 1. The molecule has 0 spiro atoms. The maximum atomic E-state index is 12.2. The molecule has 0 saturated carbocycles. The van der Waals surface area contributed by atoms with Crippen LogP contribution >= 0.6 is 22.7 Å². The van der Waals surface area contributed by atoms with Crippen LogP contribution in [0.1, 0.15) is 48.0 Å². The summed E-state index contributed by atoms with van der Waals surface area (Å²) in [7, 11) is 0. The van der Waals surface area contributed by atoms with E-state index < -0.39 is 5.97 Å². The largest absolute Gasteiger partial charge is 0.453 e. The summed E-state index contributed by atoms with van der Waals surface area (Å²) in [6, 6.07) is 5.50. The number of thiophene rings is 2. The average molecular weight is 377 g/mol. The second kappa shape index (κ2) is 7.93. The van der Waals surface area contributed by atoms with Gasteiger partial charge in [-0.1, -0.05) is 0 Å². The first-order valence-corrected chi connectivity index (χ1v) is 9.81. The molecule has 5 nitrogen and oxygen atoms in total. The summed E-state index contributed by atoms with van der Waals surface area (Å²) in [5, 5.41) is 2.72. The van der Waals surface area contributed by atoms with Crippen molar-refractivity contribution >= 4 is 40.3 Å². The number of aryl methyl sites for hydroxylation is 2. The van der Waals surface area contributed by atoms with Crippen molar-refractivity contribution in [1.82, 2.24) is 5.32 Å². The molecule has 2 heterocycles. The lowest BCUT2D eigenvalue weighted by Gasteiger charge is -2.01. The van der Waals surface area contributed by atoms with Gasteiger partial charge in [-0.2, -0.15) is 0 Å². The molecule has 132 valence electrons. The number of fused-ring (bicyclic) bond motifs is 1. The molecule has 2 aromatic rings. The van der Waals surface area contributed by atoms with Crippen molar-refractivity contribution in [3.63, 3.8) is 0 Å². The van der Waals surface area contributed by atoms with E-state index in [1.807, 2.05) is 12.1 Å². The fraction of sp³-hybridized carbons (Fsp3) is 0.389. The summed E-state index contributed by atoms with van der Waals surface area (Å²) in [5.41, 5.74) is 1.24. The zero-order chi connectivity index (χ0) is 17.8. The lowest BCUT2D eigenvalue weighted by Crippen LogP contribution is -2.22. The highest BCUT2D eigenvalue weighted by atomic mass is 32.1. The van der Waals surface area contributed by atoms with Crippen molar-refractivity contribution < 1.29 is 19.1 Å². The first kappa shape index (κ1) is 17.8. The molecule has 0 bridgehead atoms. The van der Waals surface area contributed by atoms with Gasteiger partial charge in [-0.25, -0.2) is 4.79 Å². The van der Waals surface area contributed by atoms with Crippen molar-refractivity contribution in [1.29, 1.82) is 0 Å². The minimum absolute atomic E-state index is 0.0701. The zero-order valence-corrected chi connectivity index (χ0v) is 15.6. The summed E-state index contributed by atoms with van der Waals surface area (Å²) in [4.78, 5) is 38.6. The second-order valence-electron chi connectivity index (χ2n) is 5.91. The summed E-state index contributed by atoms with van der Waals surface area (Å²) >= 11 is 2.85. The van der Waals surface area contributed by atoms with Crippen molar-refractivity contribution in [3.8, 4) is 0 Å².